The second-order valence-corrected chi connectivity index (χ2v) is 7.26. The van der Waals surface area contributed by atoms with Gasteiger partial charge >= 0.3 is 0 Å². The van der Waals surface area contributed by atoms with Crippen molar-refractivity contribution < 1.29 is 8.60 Å². The van der Waals surface area contributed by atoms with Crippen molar-refractivity contribution in [3.05, 3.63) is 30.1 Å². The Kier molecular flexibility index (Phi) is 3.87. The van der Waals surface area contributed by atoms with E-state index in [1.54, 1.807) is 12.1 Å². The molecule has 0 aromatic heterocycles. The van der Waals surface area contributed by atoms with Crippen LogP contribution in [0.25, 0.3) is 0 Å². The first kappa shape index (κ1) is 13.7. The van der Waals surface area contributed by atoms with Crippen molar-refractivity contribution >= 4 is 10.8 Å². The lowest BCUT2D eigenvalue weighted by Crippen LogP contribution is -2.44. The van der Waals surface area contributed by atoms with Gasteiger partial charge in [-0.15, -0.1) is 0 Å². The Morgan fingerprint density at radius 2 is 2.17 bits per heavy atom. The fourth-order valence-corrected chi connectivity index (χ4v) is 4.79. The summed E-state index contributed by atoms with van der Waals surface area (Å²) in [4.78, 5) is 0.595. The third-order valence-corrected chi connectivity index (χ3v) is 5.68. The van der Waals surface area contributed by atoms with E-state index in [2.05, 4.69) is 19.2 Å². The van der Waals surface area contributed by atoms with E-state index in [1.807, 2.05) is 7.05 Å². The monoisotopic (exact) mass is 269 g/mol. The molecule has 100 valence electrons. The number of hydrogen-bond donors (Lipinski definition) is 1. The van der Waals surface area contributed by atoms with E-state index in [9.17, 15) is 8.60 Å². The molecule has 3 unspecified atom stereocenters. The minimum absolute atomic E-state index is 0.0619. The van der Waals surface area contributed by atoms with Crippen LogP contribution < -0.4 is 5.32 Å². The normalized spacial score (nSPS) is 28.2. The zero-order chi connectivity index (χ0) is 13.3. The van der Waals surface area contributed by atoms with Gasteiger partial charge in [-0.05, 0) is 43.5 Å². The second kappa shape index (κ2) is 5.10. The number of rotatable bonds is 3. The van der Waals surface area contributed by atoms with Crippen LogP contribution in [-0.4, -0.2) is 22.5 Å². The summed E-state index contributed by atoms with van der Waals surface area (Å²) in [5, 5.41) is 3.34. The van der Waals surface area contributed by atoms with Gasteiger partial charge in [-0.3, -0.25) is 4.21 Å². The van der Waals surface area contributed by atoms with Crippen LogP contribution in [0.5, 0.6) is 0 Å². The van der Waals surface area contributed by atoms with Crippen LogP contribution in [0.15, 0.2) is 29.2 Å². The summed E-state index contributed by atoms with van der Waals surface area (Å²) in [6, 6.07) is 6.35. The molecular weight excluding hydrogens is 249 g/mol. The van der Waals surface area contributed by atoms with Crippen LogP contribution in [-0.2, 0) is 10.8 Å². The molecule has 0 bridgehead atoms. The summed E-state index contributed by atoms with van der Waals surface area (Å²) in [5.74, 6) is -0.320. The van der Waals surface area contributed by atoms with Crippen LogP contribution >= 0.6 is 0 Å². The Morgan fingerprint density at radius 3 is 2.78 bits per heavy atom. The second-order valence-electron chi connectivity index (χ2n) is 5.59. The predicted molar refractivity (Wildman–Crippen MR) is 72.5 cm³/mol. The van der Waals surface area contributed by atoms with E-state index in [1.165, 1.54) is 12.1 Å². The third-order valence-electron chi connectivity index (χ3n) is 3.90. The molecule has 2 rings (SSSR count). The lowest BCUT2D eigenvalue weighted by molar-refractivity contribution is 0.299. The molecule has 1 aromatic carbocycles. The summed E-state index contributed by atoms with van der Waals surface area (Å²) in [7, 11) is 0.762. The first-order valence-corrected chi connectivity index (χ1v) is 7.50. The Balaban J connectivity index is 2.25. The molecule has 0 amide bonds. The Morgan fingerprint density at radius 1 is 1.44 bits per heavy atom. The SMILES string of the molecule is CNC1C(S(=O)c2cccc(F)c2)CCC1(C)C. The summed E-state index contributed by atoms with van der Waals surface area (Å²) >= 11 is 0. The summed E-state index contributed by atoms with van der Waals surface area (Å²) < 4.78 is 25.8. The van der Waals surface area contributed by atoms with Gasteiger partial charge in [0, 0.05) is 10.9 Å². The quantitative estimate of drug-likeness (QED) is 0.914. The maximum Gasteiger partial charge on any atom is 0.124 e. The lowest BCUT2D eigenvalue weighted by atomic mass is 9.87. The largest absolute Gasteiger partial charge is 0.315 e. The fraction of sp³-hybridized carbons (Fsp3) is 0.571. The van der Waals surface area contributed by atoms with Crippen LogP contribution in [0.1, 0.15) is 26.7 Å². The van der Waals surface area contributed by atoms with Gasteiger partial charge in [0.15, 0.2) is 0 Å². The number of halogens is 1. The van der Waals surface area contributed by atoms with Crippen molar-refractivity contribution in [2.24, 2.45) is 5.41 Å². The molecule has 0 radical (unpaired) electrons. The molecule has 0 heterocycles. The molecule has 2 nitrogen and oxygen atoms in total. The highest BCUT2D eigenvalue weighted by molar-refractivity contribution is 7.85. The highest BCUT2D eigenvalue weighted by atomic mass is 32.2. The van der Waals surface area contributed by atoms with Crippen molar-refractivity contribution in [1.29, 1.82) is 0 Å². The van der Waals surface area contributed by atoms with Crippen molar-refractivity contribution in [2.75, 3.05) is 7.05 Å². The van der Waals surface area contributed by atoms with E-state index in [0.29, 0.717) is 4.90 Å². The molecule has 1 fully saturated rings. The van der Waals surface area contributed by atoms with Crippen molar-refractivity contribution in [1.82, 2.24) is 5.32 Å². The first-order valence-electron chi connectivity index (χ1n) is 6.29. The van der Waals surface area contributed by atoms with Gasteiger partial charge < -0.3 is 5.32 Å². The molecule has 3 atom stereocenters. The predicted octanol–water partition coefficient (Wildman–Crippen LogP) is 2.71. The minimum atomic E-state index is -1.15. The van der Waals surface area contributed by atoms with Crippen LogP contribution in [0.2, 0.25) is 0 Å². The molecule has 18 heavy (non-hydrogen) atoms. The lowest BCUT2D eigenvalue weighted by Gasteiger charge is -2.30. The summed E-state index contributed by atoms with van der Waals surface area (Å²) in [6.45, 7) is 4.38. The molecule has 1 saturated carbocycles. The molecule has 0 spiro atoms. The van der Waals surface area contributed by atoms with Gasteiger partial charge in [-0.25, -0.2) is 4.39 Å². The minimum Gasteiger partial charge on any atom is -0.315 e. The van der Waals surface area contributed by atoms with Crippen LogP contribution in [0.3, 0.4) is 0 Å². The van der Waals surface area contributed by atoms with E-state index in [4.69, 9.17) is 0 Å². The van der Waals surface area contributed by atoms with E-state index in [-0.39, 0.29) is 22.5 Å². The van der Waals surface area contributed by atoms with Gasteiger partial charge in [0.2, 0.25) is 0 Å². The van der Waals surface area contributed by atoms with Crippen molar-refractivity contribution in [3.63, 3.8) is 0 Å². The maximum absolute atomic E-state index is 13.2. The average molecular weight is 269 g/mol. The van der Waals surface area contributed by atoms with Gasteiger partial charge in [0.25, 0.3) is 0 Å². The van der Waals surface area contributed by atoms with Crippen molar-refractivity contribution in [2.45, 2.75) is 42.9 Å². The summed E-state index contributed by atoms with van der Waals surface area (Å²) in [5.41, 5.74) is 0.141. The van der Waals surface area contributed by atoms with Gasteiger partial charge in [0.1, 0.15) is 5.82 Å². The smallest absolute Gasteiger partial charge is 0.124 e. The zero-order valence-electron chi connectivity index (χ0n) is 11.1. The zero-order valence-corrected chi connectivity index (χ0v) is 11.9. The van der Waals surface area contributed by atoms with E-state index in [0.717, 1.165) is 12.8 Å². The highest BCUT2D eigenvalue weighted by Gasteiger charge is 2.44. The standard InChI is InChI=1S/C14H20FNOS/c1-14(2)8-7-12(13(14)16-3)18(17)11-6-4-5-10(15)9-11/h4-6,9,12-13,16H,7-8H2,1-3H3. The Labute approximate surface area is 110 Å². The average Bonchev–Trinajstić information content (AvgIpc) is 2.63. The van der Waals surface area contributed by atoms with Gasteiger partial charge in [-0.1, -0.05) is 19.9 Å². The summed E-state index contributed by atoms with van der Waals surface area (Å²) in [6.07, 6.45) is 1.96. The maximum atomic E-state index is 13.2. The Bertz CT molecular complexity index is 461. The molecule has 1 aromatic rings. The number of benzene rings is 1. The fourth-order valence-electron chi connectivity index (χ4n) is 2.91. The van der Waals surface area contributed by atoms with Crippen LogP contribution in [0, 0.1) is 11.2 Å². The number of nitrogens with one attached hydrogen (secondary N) is 1. The topological polar surface area (TPSA) is 29.1 Å². The molecule has 4 heteroatoms. The van der Waals surface area contributed by atoms with Crippen LogP contribution in [0.4, 0.5) is 4.39 Å². The van der Waals surface area contributed by atoms with E-state index < -0.39 is 10.8 Å². The third kappa shape index (κ3) is 2.50. The highest BCUT2D eigenvalue weighted by Crippen LogP contribution is 2.40. The molecule has 1 aliphatic rings. The Hall–Kier alpha value is -0.740. The number of hydrogen-bond acceptors (Lipinski definition) is 2. The van der Waals surface area contributed by atoms with Crippen molar-refractivity contribution in [3.8, 4) is 0 Å². The first-order chi connectivity index (χ1) is 8.45. The molecule has 0 saturated heterocycles. The molecular formula is C14H20FNOS. The van der Waals surface area contributed by atoms with Gasteiger partial charge in [0.05, 0.1) is 16.0 Å². The van der Waals surface area contributed by atoms with E-state index >= 15 is 0 Å². The molecule has 1 aliphatic carbocycles. The molecule has 0 aliphatic heterocycles. The van der Waals surface area contributed by atoms with Gasteiger partial charge in [-0.2, -0.15) is 0 Å². The molecule has 1 N–H and O–H groups in total.